The Morgan fingerprint density at radius 2 is 1.94 bits per heavy atom. The molecule has 0 N–H and O–H groups in total. The number of carbonyl (C=O) groups excluding carboxylic acids is 4. The smallest absolute Gasteiger partial charge is 0.337 e. The van der Waals surface area contributed by atoms with E-state index in [-0.39, 0.29) is 11.1 Å². The van der Waals surface area contributed by atoms with Crippen LogP contribution in [0.4, 0.5) is 0 Å². The number of allylic oxidation sites excluding steroid dienone is 2. The number of rotatable bonds is 4. The predicted molar refractivity (Wildman–Crippen MR) is 110 cm³/mol. The van der Waals surface area contributed by atoms with Crippen molar-refractivity contribution in [1.82, 2.24) is 0 Å². The first kappa shape index (κ1) is 23.7. The molecule has 9 nitrogen and oxygen atoms in total. The minimum Gasteiger partial charge on any atom is -0.466 e. The molecule has 0 bridgehead atoms. The van der Waals surface area contributed by atoms with Crippen LogP contribution in [-0.4, -0.2) is 61.0 Å². The first-order valence-electron chi connectivity index (χ1n) is 10.4. The summed E-state index contributed by atoms with van der Waals surface area (Å²) in [7, 11) is 1.20. The third kappa shape index (κ3) is 4.34. The molecule has 2 fully saturated rings. The molecule has 3 aliphatic rings. The van der Waals surface area contributed by atoms with Gasteiger partial charge in [-0.1, -0.05) is 18.7 Å². The van der Waals surface area contributed by atoms with Crippen LogP contribution in [0.25, 0.3) is 0 Å². The van der Waals surface area contributed by atoms with Gasteiger partial charge in [-0.25, -0.2) is 14.4 Å². The molecule has 0 aromatic rings. The molecule has 0 aromatic heterocycles. The Morgan fingerprint density at radius 3 is 2.53 bits per heavy atom. The first-order valence-corrected chi connectivity index (χ1v) is 10.4. The van der Waals surface area contributed by atoms with E-state index in [0.717, 1.165) is 0 Å². The molecule has 3 rings (SSSR count). The maximum atomic E-state index is 12.8. The Morgan fingerprint density at radius 1 is 1.25 bits per heavy atom. The molecule has 1 unspecified atom stereocenters. The van der Waals surface area contributed by atoms with Gasteiger partial charge >= 0.3 is 23.9 Å². The van der Waals surface area contributed by atoms with E-state index in [2.05, 4.69) is 6.58 Å². The highest BCUT2D eigenvalue weighted by atomic mass is 16.7. The van der Waals surface area contributed by atoms with Crippen molar-refractivity contribution in [1.29, 1.82) is 0 Å². The van der Waals surface area contributed by atoms with E-state index in [1.807, 2.05) is 6.92 Å². The Kier molecular flexibility index (Phi) is 6.59. The number of fused-ring (bicyclic) bond motifs is 3. The monoisotopic (exact) mass is 448 g/mol. The van der Waals surface area contributed by atoms with Gasteiger partial charge in [0, 0.05) is 18.1 Å². The van der Waals surface area contributed by atoms with Crippen LogP contribution in [0.5, 0.6) is 0 Å². The minimum atomic E-state index is -1.34. The predicted octanol–water partition coefficient (Wildman–Crippen LogP) is 1.94. The average Bonchev–Trinajstić information content (AvgIpc) is 3.33. The van der Waals surface area contributed by atoms with Crippen LogP contribution in [0.3, 0.4) is 0 Å². The molecule has 2 aliphatic heterocycles. The molecule has 0 amide bonds. The van der Waals surface area contributed by atoms with Gasteiger partial charge in [0.25, 0.3) is 0 Å². The fourth-order valence-corrected chi connectivity index (χ4v) is 4.21. The number of methoxy groups -OCH3 is 1. The zero-order valence-corrected chi connectivity index (χ0v) is 18.8. The summed E-state index contributed by atoms with van der Waals surface area (Å²) in [6.07, 6.45) is 0.190. The molecule has 9 heteroatoms. The van der Waals surface area contributed by atoms with E-state index in [9.17, 15) is 19.2 Å². The van der Waals surface area contributed by atoms with Crippen molar-refractivity contribution < 1.29 is 42.9 Å². The van der Waals surface area contributed by atoms with Crippen molar-refractivity contribution >= 4 is 23.9 Å². The van der Waals surface area contributed by atoms with Crippen LogP contribution >= 0.6 is 0 Å². The normalized spacial score (nSPS) is 36.0. The molecule has 2 heterocycles. The van der Waals surface area contributed by atoms with Crippen molar-refractivity contribution in [2.24, 2.45) is 5.92 Å². The quantitative estimate of drug-likeness (QED) is 0.275. The Hall–Kier alpha value is -2.94. The highest BCUT2D eigenvalue weighted by molar-refractivity contribution is 5.93. The van der Waals surface area contributed by atoms with Crippen LogP contribution in [0.1, 0.15) is 40.5 Å². The molecular weight excluding hydrogens is 420 g/mol. The van der Waals surface area contributed by atoms with Gasteiger partial charge in [0.1, 0.15) is 12.2 Å². The van der Waals surface area contributed by atoms with Crippen molar-refractivity contribution in [3.8, 4) is 0 Å². The lowest BCUT2D eigenvalue weighted by Gasteiger charge is -2.33. The summed E-state index contributed by atoms with van der Waals surface area (Å²) in [6.45, 7) is 10.1. The zero-order valence-electron chi connectivity index (χ0n) is 18.8. The number of carbonyl (C=O) groups is 4. The van der Waals surface area contributed by atoms with Gasteiger partial charge in [0.2, 0.25) is 0 Å². The fourth-order valence-electron chi connectivity index (χ4n) is 4.21. The number of ether oxygens (including phenoxy) is 5. The SMILES string of the molecule is C=C1C(=O)O[C@H]2[C@H]1C(OC(=O)/C(C)=C\C)[C@@H](OC(C)=O)/C(C(=O)OC)=C\CC[C@@]1(C)O[C@H]21. The van der Waals surface area contributed by atoms with Gasteiger partial charge < -0.3 is 23.7 Å². The summed E-state index contributed by atoms with van der Waals surface area (Å²) < 4.78 is 27.6. The molecule has 0 saturated carbocycles. The Balaban J connectivity index is 2.17. The summed E-state index contributed by atoms with van der Waals surface area (Å²) in [5.74, 6) is -3.71. The van der Waals surface area contributed by atoms with Crippen LogP contribution < -0.4 is 0 Å². The second kappa shape index (κ2) is 8.90. The van der Waals surface area contributed by atoms with Gasteiger partial charge in [-0.05, 0) is 33.6 Å². The van der Waals surface area contributed by atoms with Crippen LogP contribution in [0.2, 0.25) is 0 Å². The van der Waals surface area contributed by atoms with Gasteiger partial charge in [-0.15, -0.1) is 0 Å². The van der Waals surface area contributed by atoms with E-state index in [0.29, 0.717) is 18.4 Å². The van der Waals surface area contributed by atoms with Crippen LogP contribution in [0, 0.1) is 5.92 Å². The Labute approximate surface area is 186 Å². The van der Waals surface area contributed by atoms with E-state index in [4.69, 9.17) is 23.7 Å². The van der Waals surface area contributed by atoms with Crippen LogP contribution in [-0.2, 0) is 42.9 Å². The standard InChI is InChI=1S/C23H28O9/c1-7-11(2)20(25)30-17-15-12(3)21(26)31-18(15)19-23(5,32-19)10-8-9-14(22(27)28-6)16(17)29-13(4)24/h7,9,15-19H,3,8,10H2,1-2,4-6H3/b11-7-,14-9+/t15-,16+,17?,18+,19-,23-/m1/s1. The third-order valence-electron chi connectivity index (χ3n) is 6.18. The average molecular weight is 448 g/mol. The highest BCUT2D eigenvalue weighted by Gasteiger charge is 2.64. The fraction of sp³-hybridized carbons (Fsp3) is 0.565. The summed E-state index contributed by atoms with van der Waals surface area (Å²) >= 11 is 0. The minimum absolute atomic E-state index is 0.00669. The summed E-state index contributed by atoms with van der Waals surface area (Å²) in [4.78, 5) is 49.9. The first-order chi connectivity index (χ1) is 15.0. The molecule has 0 spiro atoms. The van der Waals surface area contributed by atoms with Crippen molar-refractivity contribution in [3.63, 3.8) is 0 Å². The lowest BCUT2D eigenvalue weighted by molar-refractivity contribution is -0.168. The molecule has 0 aromatic carbocycles. The molecule has 1 aliphatic carbocycles. The van der Waals surface area contributed by atoms with E-state index < -0.39 is 59.8 Å². The number of esters is 4. The lowest BCUT2D eigenvalue weighted by atomic mass is 9.80. The van der Waals surface area contributed by atoms with Gasteiger partial charge in [0.05, 0.1) is 24.2 Å². The number of hydrogen-bond donors (Lipinski definition) is 0. The largest absolute Gasteiger partial charge is 0.466 e. The molecule has 174 valence electrons. The lowest BCUT2D eigenvalue weighted by Crippen LogP contribution is -2.48. The summed E-state index contributed by atoms with van der Waals surface area (Å²) in [6, 6.07) is 0. The molecule has 0 radical (unpaired) electrons. The molecule has 6 atom stereocenters. The van der Waals surface area contributed by atoms with Gasteiger partial charge in [-0.3, -0.25) is 4.79 Å². The van der Waals surface area contributed by atoms with Gasteiger partial charge in [-0.2, -0.15) is 0 Å². The van der Waals surface area contributed by atoms with E-state index >= 15 is 0 Å². The summed E-state index contributed by atoms with van der Waals surface area (Å²) in [5, 5.41) is 0. The van der Waals surface area contributed by atoms with Crippen molar-refractivity contribution in [2.75, 3.05) is 7.11 Å². The van der Waals surface area contributed by atoms with Crippen LogP contribution in [0.15, 0.2) is 35.5 Å². The molecule has 32 heavy (non-hydrogen) atoms. The second-order valence-electron chi connectivity index (χ2n) is 8.33. The van der Waals surface area contributed by atoms with Crippen molar-refractivity contribution in [3.05, 3.63) is 35.5 Å². The number of epoxide rings is 1. The van der Waals surface area contributed by atoms with Crippen molar-refractivity contribution in [2.45, 2.75) is 70.6 Å². The summed E-state index contributed by atoms with van der Waals surface area (Å²) in [5.41, 5.74) is -0.238. The van der Waals surface area contributed by atoms with E-state index in [1.54, 1.807) is 26.0 Å². The Bertz CT molecular complexity index is 914. The molecule has 2 saturated heterocycles. The molecular formula is C23H28O9. The van der Waals surface area contributed by atoms with Gasteiger partial charge in [0.15, 0.2) is 12.2 Å². The maximum absolute atomic E-state index is 12.8. The topological polar surface area (TPSA) is 118 Å². The highest BCUT2D eigenvalue weighted by Crippen LogP contribution is 2.50. The van der Waals surface area contributed by atoms with E-state index in [1.165, 1.54) is 14.0 Å². The maximum Gasteiger partial charge on any atom is 0.337 e. The number of hydrogen-bond acceptors (Lipinski definition) is 9. The zero-order chi connectivity index (χ0) is 23.8. The second-order valence-corrected chi connectivity index (χ2v) is 8.33. The third-order valence-corrected chi connectivity index (χ3v) is 6.18.